The number of ether oxygens (including phenoxy) is 3. The molecule has 1 aromatic heterocycles. The highest BCUT2D eigenvalue weighted by Gasteiger charge is 2.28. The van der Waals surface area contributed by atoms with Crippen LogP contribution in [0.4, 0.5) is 5.82 Å². The number of esters is 1. The van der Waals surface area contributed by atoms with Gasteiger partial charge in [-0.15, -0.1) is 0 Å². The van der Waals surface area contributed by atoms with Gasteiger partial charge in [-0.25, -0.2) is 9.78 Å². The SMILES string of the molecule is CCOC(=O)c1cc2c(nc1N1CCOCC1)COC2C. The summed E-state index contributed by atoms with van der Waals surface area (Å²) in [5.41, 5.74) is 2.42. The first-order valence-electron chi connectivity index (χ1n) is 7.36. The molecule has 0 bridgehead atoms. The van der Waals surface area contributed by atoms with Crippen LogP contribution in [0.2, 0.25) is 0 Å². The van der Waals surface area contributed by atoms with E-state index >= 15 is 0 Å². The smallest absolute Gasteiger partial charge is 0.341 e. The lowest BCUT2D eigenvalue weighted by molar-refractivity contribution is 0.0525. The van der Waals surface area contributed by atoms with Gasteiger partial charge in [0, 0.05) is 18.7 Å². The number of anilines is 1. The average Bonchev–Trinajstić information content (AvgIpc) is 2.88. The molecule has 21 heavy (non-hydrogen) atoms. The Balaban J connectivity index is 2.01. The normalized spacial score (nSPS) is 21.2. The molecule has 0 aliphatic carbocycles. The molecule has 1 aromatic rings. The molecule has 1 saturated heterocycles. The molecule has 2 aliphatic heterocycles. The summed E-state index contributed by atoms with van der Waals surface area (Å²) in [6.07, 6.45) is -0.0283. The second-order valence-corrected chi connectivity index (χ2v) is 5.17. The minimum absolute atomic E-state index is 0.0283. The molecule has 3 heterocycles. The van der Waals surface area contributed by atoms with Crippen molar-refractivity contribution in [2.24, 2.45) is 0 Å². The van der Waals surface area contributed by atoms with Crippen LogP contribution in [0.1, 0.15) is 41.6 Å². The first-order chi connectivity index (χ1) is 10.2. The summed E-state index contributed by atoms with van der Waals surface area (Å²) in [7, 11) is 0. The fourth-order valence-electron chi connectivity index (χ4n) is 2.69. The summed E-state index contributed by atoms with van der Waals surface area (Å²) in [4.78, 5) is 19.0. The first-order valence-corrected chi connectivity index (χ1v) is 7.36. The van der Waals surface area contributed by atoms with Gasteiger partial charge in [-0.2, -0.15) is 0 Å². The van der Waals surface area contributed by atoms with E-state index in [9.17, 15) is 4.79 Å². The summed E-state index contributed by atoms with van der Waals surface area (Å²) in [6, 6.07) is 1.88. The van der Waals surface area contributed by atoms with Gasteiger partial charge in [0.25, 0.3) is 0 Å². The topological polar surface area (TPSA) is 60.9 Å². The highest BCUT2D eigenvalue weighted by Crippen LogP contribution is 2.33. The molecule has 0 saturated carbocycles. The Morgan fingerprint density at radius 3 is 2.95 bits per heavy atom. The van der Waals surface area contributed by atoms with Crippen molar-refractivity contribution in [2.45, 2.75) is 26.6 Å². The van der Waals surface area contributed by atoms with Crippen LogP contribution in [0.25, 0.3) is 0 Å². The molecule has 0 N–H and O–H groups in total. The number of morpholine rings is 1. The molecule has 6 heteroatoms. The summed E-state index contributed by atoms with van der Waals surface area (Å²) < 4.78 is 16.1. The van der Waals surface area contributed by atoms with Crippen LogP contribution in [-0.2, 0) is 20.8 Å². The lowest BCUT2D eigenvalue weighted by Gasteiger charge is -2.29. The Morgan fingerprint density at radius 1 is 1.48 bits per heavy atom. The van der Waals surface area contributed by atoms with E-state index in [2.05, 4.69) is 9.88 Å². The van der Waals surface area contributed by atoms with Crippen LogP contribution in [0.3, 0.4) is 0 Å². The Hall–Kier alpha value is -1.66. The van der Waals surface area contributed by atoms with Gasteiger partial charge in [0.15, 0.2) is 0 Å². The van der Waals surface area contributed by atoms with Gasteiger partial charge in [0.1, 0.15) is 11.4 Å². The molecule has 2 aliphatic rings. The molecule has 114 valence electrons. The zero-order valence-electron chi connectivity index (χ0n) is 12.4. The van der Waals surface area contributed by atoms with E-state index in [1.165, 1.54) is 0 Å². The van der Waals surface area contributed by atoms with Crippen LogP contribution in [-0.4, -0.2) is 43.9 Å². The second kappa shape index (κ2) is 5.99. The van der Waals surface area contributed by atoms with Crippen molar-refractivity contribution in [1.29, 1.82) is 0 Å². The van der Waals surface area contributed by atoms with Crippen LogP contribution < -0.4 is 4.90 Å². The highest BCUT2D eigenvalue weighted by molar-refractivity contribution is 5.95. The van der Waals surface area contributed by atoms with E-state index in [4.69, 9.17) is 14.2 Å². The highest BCUT2D eigenvalue weighted by atomic mass is 16.5. The molecule has 0 spiro atoms. The van der Waals surface area contributed by atoms with E-state index in [0.717, 1.165) is 24.3 Å². The maximum atomic E-state index is 12.3. The molecule has 1 unspecified atom stereocenters. The molecule has 1 fully saturated rings. The number of nitrogens with zero attached hydrogens (tertiary/aromatic N) is 2. The third-order valence-electron chi connectivity index (χ3n) is 3.83. The minimum atomic E-state index is -0.326. The second-order valence-electron chi connectivity index (χ2n) is 5.17. The Bertz CT molecular complexity index is 541. The van der Waals surface area contributed by atoms with E-state index in [-0.39, 0.29) is 12.1 Å². The number of rotatable bonds is 3. The number of pyridine rings is 1. The van der Waals surface area contributed by atoms with Crippen molar-refractivity contribution in [3.63, 3.8) is 0 Å². The maximum Gasteiger partial charge on any atom is 0.341 e. The van der Waals surface area contributed by atoms with Gasteiger partial charge in [-0.3, -0.25) is 0 Å². The zero-order chi connectivity index (χ0) is 14.8. The third kappa shape index (κ3) is 2.73. The molecule has 3 rings (SSSR count). The minimum Gasteiger partial charge on any atom is -0.462 e. The molecule has 0 radical (unpaired) electrons. The molecule has 0 aromatic carbocycles. The Kier molecular flexibility index (Phi) is 4.07. The van der Waals surface area contributed by atoms with Crippen molar-refractivity contribution in [2.75, 3.05) is 37.8 Å². The molecular formula is C15H20N2O4. The average molecular weight is 292 g/mol. The van der Waals surface area contributed by atoms with Crippen molar-refractivity contribution < 1.29 is 19.0 Å². The number of aromatic nitrogens is 1. The van der Waals surface area contributed by atoms with Crippen molar-refractivity contribution in [3.8, 4) is 0 Å². The number of hydrogen-bond donors (Lipinski definition) is 0. The van der Waals surface area contributed by atoms with Gasteiger partial charge in [-0.1, -0.05) is 0 Å². The number of carbonyl (C=O) groups is 1. The van der Waals surface area contributed by atoms with Gasteiger partial charge in [-0.05, 0) is 19.9 Å². The van der Waals surface area contributed by atoms with E-state index in [1.807, 2.05) is 13.0 Å². The van der Waals surface area contributed by atoms with Crippen molar-refractivity contribution in [1.82, 2.24) is 4.98 Å². The first kappa shape index (κ1) is 14.3. The summed E-state index contributed by atoms with van der Waals surface area (Å²) in [5, 5.41) is 0. The third-order valence-corrected chi connectivity index (χ3v) is 3.83. The predicted molar refractivity (Wildman–Crippen MR) is 76.4 cm³/mol. The standard InChI is InChI=1S/C15H20N2O4/c1-3-20-15(18)12-8-11-10(2)21-9-13(11)16-14(12)17-4-6-19-7-5-17/h8,10H,3-7,9H2,1-2H3. The summed E-state index contributed by atoms with van der Waals surface area (Å²) >= 11 is 0. The largest absolute Gasteiger partial charge is 0.462 e. The maximum absolute atomic E-state index is 12.3. The van der Waals surface area contributed by atoms with Crippen LogP contribution >= 0.6 is 0 Å². The molecule has 0 amide bonds. The molecule has 1 atom stereocenters. The number of carbonyl (C=O) groups excluding carboxylic acids is 1. The summed E-state index contributed by atoms with van der Waals surface area (Å²) in [6.45, 7) is 7.38. The lowest BCUT2D eigenvalue weighted by atomic mass is 10.1. The molecule has 6 nitrogen and oxygen atoms in total. The van der Waals surface area contributed by atoms with Gasteiger partial charge in [0.2, 0.25) is 0 Å². The van der Waals surface area contributed by atoms with Gasteiger partial charge < -0.3 is 19.1 Å². The Labute approximate surface area is 124 Å². The fourth-order valence-corrected chi connectivity index (χ4v) is 2.69. The van der Waals surface area contributed by atoms with Crippen molar-refractivity contribution in [3.05, 3.63) is 22.9 Å². The van der Waals surface area contributed by atoms with E-state index in [1.54, 1.807) is 6.92 Å². The van der Waals surface area contributed by atoms with E-state index < -0.39 is 0 Å². The van der Waals surface area contributed by atoms with Crippen LogP contribution in [0.15, 0.2) is 6.07 Å². The Morgan fingerprint density at radius 2 is 2.24 bits per heavy atom. The quantitative estimate of drug-likeness (QED) is 0.790. The number of hydrogen-bond acceptors (Lipinski definition) is 6. The zero-order valence-corrected chi connectivity index (χ0v) is 12.4. The predicted octanol–water partition coefficient (Wildman–Crippen LogP) is 1.69. The van der Waals surface area contributed by atoms with E-state index in [0.29, 0.717) is 37.8 Å². The van der Waals surface area contributed by atoms with Crippen molar-refractivity contribution >= 4 is 11.8 Å². The number of fused-ring (bicyclic) bond motifs is 1. The fraction of sp³-hybridized carbons (Fsp3) is 0.600. The lowest BCUT2D eigenvalue weighted by Crippen LogP contribution is -2.38. The summed E-state index contributed by atoms with van der Waals surface area (Å²) in [5.74, 6) is 0.363. The van der Waals surface area contributed by atoms with Gasteiger partial charge in [0.05, 0.1) is 38.2 Å². The van der Waals surface area contributed by atoms with Gasteiger partial charge >= 0.3 is 5.97 Å². The monoisotopic (exact) mass is 292 g/mol. The van der Waals surface area contributed by atoms with Crippen LogP contribution in [0, 0.1) is 0 Å². The van der Waals surface area contributed by atoms with Crippen LogP contribution in [0.5, 0.6) is 0 Å². The molecular weight excluding hydrogens is 272 g/mol.